The zero-order valence-corrected chi connectivity index (χ0v) is 8.95. The summed E-state index contributed by atoms with van der Waals surface area (Å²) in [5, 5.41) is 0.339. The van der Waals surface area contributed by atoms with Gasteiger partial charge in [-0.25, -0.2) is 0 Å². The van der Waals surface area contributed by atoms with E-state index < -0.39 is 0 Å². The van der Waals surface area contributed by atoms with Crippen LogP contribution in [0.15, 0.2) is 24.5 Å². The average molecular weight is 211 g/mol. The molecule has 2 rings (SSSR count). The lowest BCUT2D eigenvalue weighted by Crippen LogP contribution is -2.35. The predicted octanol–water partition coefficient (Wildman–Crippen LogP) is 2.28. The van der Waals surface area contributed by atoms with Crippen LogP contribution in [0.5, 0.6) is 0 Å². The van der Waals surface area contributed by atoms with Gasteiger partial charge in [-0.2, -0.15) is 0 Å². The van der Waals surface area contributed by atoms with Crippen LogP contribution < -0.4 is 0 Å². The van der Waals surface area contributed by atoms with Crippen LogP contribution in [0.3, 0.4) is 0 Å². The van der Waals surface area contributed by atoms with Gasteiger partial charge >= 0.3 is 0 Å². The van der Waals surface area contributed by atoms with Crippen molar-refractivity contribution in [3.63, 3.8) is 0 Å². The molecule has 0 saturated carbocycles. The summed E-state index contributed by atoms with van der Waals surface area (Å²) in [5.74, 6) is 0. The van der Waals surface area contributed by atoms with Gasteiger partial charge < -0.3 is 0 Å². The van der Waals surface area contributed by atoms with E-state index in [4.69, 9.17) is 11.6 Å². The van der Waals surface area contributed by atoms with Gasteiger partial charge in [0.15, 0.2) is 0 Å². The van der Waals surface area contributed by atoms with Crippen LogP contribution >= 0.6 is 11.6 Å². The monoisotopic (exact) mass is 210 g/mol. The molecule has 2 heterocycles. The summed E-state index contributed by atoms with van der Waals surface area (Å²) in [6.07, 6.45) is 6.07. The van der Waals surface area contributed by atoms with Gasteiger partial charge in [-0.3, -0.25) is 9.88 Å². The van der Waals surface area contributed by atoms with Crippen molar-refractivity contribution < 1.29 is 0 Å². The van der Waals surface area contributed by atoms with Gasteiger partial charge in [0.05, 0.1) is 0 Å². The molecule has 1 fully saturated rings. The van der Waals surface area contributed by atoms with Gasteiger partial charge in [-0.05, 0) is 37.1 Å². The Morgan fingerprint density at radius 2 is 2.21 bits per heavy atom. The molecule has 0 aromatic carbocycles. The molecule has 0 N–H and O–H groups in total. The number of nitrogens with zero attached hydrogens (tertiary/aromatic N) is 2. The molecule has 14 heavy (non-hydrogen) atoms. The van der Waals surface area contributed by atoms with Crippen LogP contribution in [-0.4, -0.2) is 28.4 Å². The Balaban J connectivity index is 1.91. The molecule has 1 aromatic rings. The summed E-state index contributed by atoms with van der Waals surface area (Å²) in [6, 6.07) is 4.13. The number of pyridine rings is 1. The number of alkyl halides is 1. The van der Waals surface area contributed by atoms with E-state index in [1.165, 1.54) is 18.5 Å². The van der Waals surface area contributed by atoms with E-state index in [2.05, 4.69) is 22.0 Å². The lowest BCUT2D eigenvalue weighted by molar-refractivity contribution is 0.224. The first kappa shape index (κ1) is 9.94. The quantitative estimate of drug-likeness (QED) is 0.697. The molecule has 1 unspecified atom stereocenters. The molecule has 76 valence electrons. The minimum atomic E-state index is 0.339. The molecule has 0 aliphatic carbocycles. The zero-order valence-electron chi connectivity index (χ0n) is 8.19. The average Bonchev–Trinajstić information content (AvgIpc) is 2.19. The van der Waals surface area contributed by atoms with Crippen molar-refractivity contribution in [1.29, 1.82) is 0 Å². The van der Waals surface area contributed by atoms with Crippen molar-refractivity contribution >= 4 is 11.6 Å². The summed E-state index contributed by atoms with van der Waals surface area (Å²) in [7, 11) is 0. The SMILES string of the molecule is ClC1CCCN(Cc2ccncc2)C1. The maximum Gasteiger partial charge on any atom is 0.0463 e. The summed E-state index contributed by atoms with van der Waals surface area (Å²) < 4.78 is 0. The highest BCUT2D eigenvalue weighted by atomic mass is 35.5. The van der Waals surface area contributed by atoms with Crippen molar-refractivity contribution in [1.82, 2.24) is 9.88 Å². The highest BCUT2D eigenvalue weighted by Gasteiger charge is 2.17. The Labute approximate surface area is 89.9 Å². The number of hydrogen-bond acceptors (Lipinski definition) is 2. The Morgan fingerprint density at radius 1 is 1.43 bits per heavy atom. The fourth-order valence-corrected chi connectivity index (χ4v) is 2.24. The molecule has 1 aliphatic heterocycles. The van der Waals surface area contributed by atoms with E-state index in [1.807, 2.05) is 12.4 Å². The number of hydrogen-bond donors (Lipinski definition) is 0. The molecule has 0 radical (unpaired) electrons. The van der Waals surface area contributed by atoms with Gasteiger partial charge in [0.25, 0.3) is 0 Å². The molecular formula is C11H15ClN2. The molecular weight excluding hydrogens is 196 g/mol. The third-order valence-electron chi connectivity index (χ3n) is 2.60. The summed E-state index contributed by atoms with van der Waals surface area (Å²) >= 11 is 6.12. The van der Waals surface area contributed by atoms with Crippen molar-refractivity contribution in [2.75, 3.05) is 13.1 Å². The second-order valence-electron chi connectivity index (χ2n) is 3.83. The van der Waals surface area contributed by atoms with Gasteiger partial charge in [-0.1, -0.05) is 0 Å². The smallest absolute Gasteiger partial charge is 0.0463 e. The van der Waals surface area contributed by atoms with Crippen LogP contribution in [0.1, 0.15) is 18.4 Å². The molecule has 3 heteroatoms. The normalized spacial score (nSPS) is 23.6. The van der Waals surface area contributed by atoms with Gasteiger partial charge in [-0.15, -0.1) is 11.6 Å². The van der Waals surface area contributed by atoms with Gasteiger partial charge in [0, 0.05) is 30.9 Å². The minimum absolute atomic E-state index is 0.339. The Morgan fingerprint density at radius 3 is 2.93 bits per heavy atom. The van der Waals surface area contributed by atoms with Crippen LogP contribution in [0.25, 0.3) is 0 Å². The van der Waals surface area contributed by atoms with E-state index in [1.54, 1.807) is 0 Å². The number of halogens is 1. The first-order chi connectivity index (χ1) is 6.84. The summed E-state index contributed by atoms with van der Waals surface area (Å²) in [4.78, 5) is 6.42. The highest BCUT2D eigenvalue weighted by molar-refractivity contribution is 6.20. The number of rotatable bonds is 2. The van der Waals surface area contributed by atoms with Crippen molar-refractivity contribution in [3.8, 4) is 0 Å². The van der Waals surface area contributed by atoms with Crippen molar-refractivity contribution in [2.24, 2.45) is 0 Å². The van der Waals surface area contributed by atoms with Gasteiger partial charge in [0.2, 0.25) is 0 Å². The van der Waals surface area contributed by atoms with Crippen LogP contribution in [0.4, 0.5) is 0 Å². The first-order valence-electron chi connectivity index (χ1n) is 5.10. The number of piperidine rings is 1. The lowest BCUT2D eigenvalue weighted by Gasteiger charge is -2.29. The number of aromatic nitrogens is 1. The summed E-state index contributed by atoms with van der Waals surface area (Å²) in [6.45, 7) is 3.20. The molecule has 1 aromatic heterocycles. The lowest BCUT2D eigenvalue weighted by atomic mass is 10.1. The van der Waals surface area contributed by atoms with E-state index in [0.717, 1.165) is 19.5 Å². The van der Waals surface area contributed by atoms with Crippen LogP contribution in [0, 0.1) is 0 Å². The van der Waals surface area contributed by atoms with E-state index in [0.29, 0.717) is 5.38 Å². The fourth-order valence-electron chi connectivity index (χ4n) is 1.89. The zero-order chi connectivity index (χ0) is 9.80. The Kier molecular flexibility index (Phi) is 3.38. The second kappa shape index (κ2) is 4.76. The van der Waals surface area contributed by atoms with Crippen LogP contribution in [0.2, 0.25) is 0 Å². The maximum absolute atomic E-state index is 6.12. The van der Waals surface area contributed by atoms with Crippen molar-refractivity contribution in [3.05, 3.63) is 30.1 Å². The van der Waals surface area contributed by atoms with Crippen molar-refractivity contribution in [2.45, 2.75) is 24.8 Å². The second-order valence-corrected chi connectivity index (χ2v) is 4.45. The maximum atomic E-state index is 6.12. The van der Waals surface area contributed by atoms with Gasteiger partial charge in [0.1, 0.15) is 0 Å². The third-order valence-corrected chi connectivity index (χ3v) is 2.96. The molecule has 1 atom stereocenters. The van der Waals surface area contributed by atoms with E-state index >= 15 is 0 Å². The third kappa shape index (κ3) is 2.69. The molecule has 0 amide bonds. The highest BCUT2D eigenvalue weighted by Crippen LogP contribution is 2.16. The standard InChI is InChI=1S/C11H15ClN2/c12-11-2-1-7-14(9-11)8-10-3-5-13-6-4-10/h3-6,11H,1-2,7-9H2. The minimum Gasteiger partial charge on any atom is -0.298 e. The Hall–Kier alpha value is -0.600. The first-order valence-corrected chi connectivity index (χ1v) is 5.53. The largest absolute Gasteiger partial charge is 0.298 e. The number of likely N-dealkylation sites (tertiary alicyclic amines) is 1. The molecule has 1 saturated heterocycles. The van der Waals surface area contributed by atoms with Crippen LogP contribution in [-0.2, 0) is 6.54 Å². The molecule has 1 aliphatic rings. The summed E-state index contributed by atoms with van der Waals surface area (Å²) in [5.41, 5.74) is 1.32. The fraction of sp³-hybridized carbons (Fsp3) is 0.545. The Bertz CT molecular complexity index is 276. The van der Waals surface area contributed by atoms with E-state index in [-0.39, 0.29) is 0 Å². The van der Waals surface area contributed by atoms with E-state index in [9.17, 15) is 0 Å². The molecule has 0 spiro atoms. The predicted molar refractivity (Wildman–Crippen MR) is 58.4 cm³/mol. The molecule has 2 nitrogen and oxygen atoms in total. The topological polar surface area (TPSA) is 16.1 Å². The molecule has 0 bridgehead atoms.